The van der Waals surface area contributed by atoms with Gasteiger partial charge in [0, 0.05) is 0 Å². The summed E-state index contributed by atoms with van der Waals surface area (Å²) >= 11 is 0. The van der Waals surface area contributed by atoms with E-state index in [1.165, 1.54) is 36.8 Å². The van der Waals surface area contributed by atoms with Gasteiger partial charge in [-0.25, -0.2) is 23.3 Å². The van der Waals surface area contributed by atoms with E-state index in [9.17, 15) is 0 Å². The Balaban J connectivity index is -0.000000233. The Hall–Kier alpha value is 0.410. The summed E-state index contributed by atoms with van der Waals surface area (Å²) in [5.74, 6) is 0. The van der Waals surface area contributed by atoms with E-state index in [1.54, 1.807) is 0 Å². The Kier molecular flexibility index (Phi) is 21.2. The van der Waals surface area contributed by atoms with Crippen LogP contribution in [0.5, 0.6) is 0 Å². The molecule has 0 unspecified atom stereocenters. The van der Waals surface area contributed by atoms with Gasteiger partial charge >= 0.3 is 25.8 Å². The van der Waals surface area contributed by atoms with E-state index >= 15 is 0 Å². The molecule has 0 nitrogen and oxygen atoms in total. The van der Waals surface area contributed by atoms with Crippen LogP contribution in [-0.4, -0.2) is 0 Å². The second kappa shape index (κ2) is 16.5. The number of halogens is 2. The molecule has 0 aromatic heterocycles. The van der Waals surface area contributed by atoms with E-state index in [2.05, 4.69) is 50.3 Å². The summed E-state index contributed by atoms with van der Waals surface area (Å²) in [6, 6.07) is 0. The standard InChI is InChI=1S/2C8H11.2ClH.Hf/c2*1-2-5-8-6-3-4-7-8;;;/h2*3,6H,2,4-5H2,1H3;2*1H;/q2*-1;;;+4/p-2. The molecule has 0 radical (unpaired) electrons. The zero-order valence-electron chi connectivity index (χ0n) is 11.8. The van der Waals surface area contributed by atoms with Crippen LogP contribution in [0, 0.1) is 12.2 Å². The molecule has 0 bridgehead atoms. The summed E-state index contributed by atoms with van der Waals surface area (Å²) < 4.78 is 0. The van der Waals surface area contributed by atoms with Gasteiger partial charge in [0.25, 0.3) is 0 Å². The monoisotopic (exact) mass is 464 g/mol. The van der Waals surface area contributed by atoms with Crippen molar-refractivity contribution in [2.45, 2.75) is 52.4 Å². The maximum Gasteiger partial charge on any atom is 4.00 e. The van der Waals surface area contributed by atoms with Gasteiger partial charge in [0.05, 0.1) is 0 Å². The van der Waals surface area contributed by atoms with E-state index in [-0.39, 0.29) is 50.7 Å². The maximum absolute atomic E-state index is 3.26. The molecule has 0 saturated carbocycles. The summed E-state index contributed by atoms with van der Waals surface area (Å²) in [4.78, 5) is 0. The van der Waals surface area contributed by atoms with E-state index in [4.69, 9.17) is 0 Å². The molecule has 2 aliphatic rings. The molecule has 0 atom stereocenters. The van der Waals surface area contributed by atoms with Crippen molar-refractivity contribution in [2.24, 2.45) is 0 Å². The number of allylic oxidation sites excluding steroid dienone is 8. The van der Waals surface area contributed by atoms with E-state index in [0.29, 0.717) is 0 Å². The van der Waals surface area contributed by atoms with Gasteiger partial charge in [-0.05, 0) is 0 Å². The molecule has 0 amide bonds. The minimum atomic E-state index is 0. The van der Waals surface area contributed by atoms with E-state index in [0.717, 1.165) is 12.8 Å². The summed E-state index contributed by atoms with van der Waals surface area (Å²) in [5.41, 5.74) is 2.79. The topological polar surface area (TPSA) is 0 Å². The van der Waals surface area contributed by atoms with Gasteiger partial charge in [-0.1, -0.05) is 39.5 Å². The zero-order chi connectivity index (χ0) is 11.6. The Morgan fingerprint density at radius 2 is 1.21 bits per heavy atom. The van der Waals surface area contributed by atoms with Crippen molar-refractivity contribution < 1.29 is 50.7 Å². The molecule has 0 aliphatic heterocycles. The Bertz CT molecular complexity index is 283. The summed E-state index contributed by atoms with van der Waals surface area (Å²) in [6.07, 6.45) is 22.2. The molecule has 2 aliphatic carbocycles. The Labute approximate surface area is 150 Å². The first-order chi connectivity index (χ1) is 7.86. The van der Waals surface area contributed by atoms with Crippen molar-refractivity contribution in [3.63, 3.8) is 0 Å². The quantitative estimate of drug-likeness (QED) is 0.369. The third kappa shape index (κ3) is 11.9. The SMILES string of the molecule is CCCC1=[C-]CC=C1.CCCC1=[C-]CC=C1.[Cl-].[Cl-].[Hf+4]. The fraction of sp³-hybridized carbons (Fsp3) is 0.500. The van der Waals surface area contributed by atoms with Crippen LogP contribution in [0.15, 0.2) is 35.5 Å². The van der Waals surface area contributed by atoms with Gasteiger partial charge in [0.2, 0.25) is 0 Å². The van der Waals surface area contributed by atoms with Crippen LogP contribution in [0.2, 0.25) is 0 Å². The van der Waals surface area contributed by atoms with Crippen LogP contribution in [0.25, 0.3) is 0 Å². The van der Waals surface area contributed by atoms with Crippen LogP contribution in [0.1, 0.15) is 52.4 Å². The molecule has 3 heteroatoms. The molecule has 2 rings (SSSR count). The molecular weight excluding hydrogens is 442 g/mol. The van der Waals surface area contributed by atoms with Gasteiger partial charge in [0.1, 0.15) is 0 Å². The second-order valence-electron chi connectivity index (χ2n) is 4.12. The van der Waals surface area contributed by atoms with Gasteiger partial charge in [0.15, 0.2) is 0 Å². The van der Waals surface area contributed by atoms with Crippen molar-refractivity contribution in [3.8, 4) is 0 Å². The minimum absolute atomic E-state index is 0. The number of hydrogen-bond acceptors (Lipinski definition) is 0. The van der Waals surface area contributed by atoms with Crippen molar-refractivity contribution >= 4 is 0 Å². The smallest absolute Gasteiger partial charge is 1.00 e. The number of rotatable bonds is 4. The summed E-state index contributed by atoms with van der Waals surface area (Å²) in [5, 5.41) is 0. The fourth-order valence-corrected chi connectivity index (χ4v) is 1.78. The maximum atomic E-state index is 3.26. The van der Waals surface area contributed by atoms with Crippen molar-refractivity contribution in [3.05, 3.63) is 47.6 Å². The predicted octanol–water partition coefficient (Wildman–Crippen LogP) is -1.04. The van der Waals surface area contributed by atoms with Gasteiger partial charge in [-0.2, -0.15) is 12.2 Å². The second-order valence-corrected chi connectivity index (χ2v) is 4.12. The first-order valence-corrected chi connectivity index (χ1v) is 6.39. The molecule has 0 N–H and O–H groups in total. The molecular formula is C16H22Cl2Hf. The van der Waals surface area contributed by atoms with E-state index in [1.807, 2.05) is 0 Å². The zero-order valence-corrected chi connectivity index (χ0v) is 16.9. The molecule has 0 aromatic rings. The van der Waals surface area contributed by atoms with Crippen LogP contribution < -0.4 is 24.8 Å². The normalized spacial score (nSPS) is 14.2. The summed E-state index contributed by atoms with van der Waals surface area (Å²) in [7, 11) is 0. The first-order valence-electron chi connectivity index (χ1n) is 6.39. The van der Waals surface area contributed by atoms with Crippen molar-refractivity contribution in [2.75, 3.05) is 0 Å². The average molecular weight is 464 g/mol. The van der Waals surface area contributed by atoms with Crippen LogP contribution in [0.4, 0.5) is 0 Å². The predicted molar refractivity (Wildman–Crippen MR) is 70.8 cm³/mol. The minimum Gasteiger partial charge on any atom is -1.00 e. The van der Waals surface area contributed by atoms with E-state index < -0.39 is 0 Å². The van der Waals surface area contributed by atoms with Crippen molar-refractivity contribution in [1.29, 1.82) is 0 Å². The average Bonchev–Trinajstić information content (AvgIpc) is 2.92. The molecule has 0 saturated heterocycles. The first kappa shape index (κ1) is 24.4. The van der Waals surface area contributed by atoms with Crippen LogP contribution in [0.3, 0.4) is 0 Å². The van der Waals surface area contributed by atoms with Gasteiger partial charge in [-0.3, -0.25) is 12.2 Å². The molecule has 0 fully saturated rings. The number of hydrogen-bond donors (Lipinski definition) is 0. The third-order valence-electron chi connectivity index (χ3n) is 2.57. The summed E-state index contributed by atoms with van der Waals surface area (Å²) in [6.45, 7) is 4.39. The molecule has 0 spiro atoms. The third-order valence-corrected chi connectivity index (χ3v) is 2.57. The fourth-order valence-electron chi connectivity index (χ4n) is 1.78. The Morgan fingerprint density at radius 3 is 1.42 bits per heavy atom. The van der Waals surface area contributed by atoms with Crippen LogP contribution >= 0.6 is 0 Å². The van der Waals surface area contributed by atoms with Crippen LogP contribution in [-0.2, 0) is 25.8 Å². The molecule has 0 heterocycles. The molecule has 104 valence electrons. The largest absolute Gasteiger partial charge is 4.00 e. The van der Waals surface area contributed by atoms with Crippen molar-refractivity contribution in [1.82, 2.24) is 0 Å². The van der Waals surface area contributed by atoms with Gasteiger partial charge in [-0.15, -0.1) is 12.8 Å². The Morgan fingerprint density at radius 1 is 0.842 bits per heavy atom. The van der Waals surface area contributed by atoms with Gasteiger partial charge < -0.3 is 24.8 Å². The molecule has 19 heavy (non-hydrogen) atoms. The molecule has 0 aromatic carbocycles.